The van der Waals surface area contributed by atoms with Crippen LogP contribution < -0.4 is 10.6 Å². The molecule has 1 unspecified atom stereocenters. The zero-order chi connectivity index (χ0) is 16.1. The molecule has 0 fully saturated rings. The summed E-state index contributed by atoms with van der Waals surface area (Å²) < 4.78 is 4.63. The summed E-state index contributed by atoms with van der Waals surface area (Å²) in [5.74, 6) is 0.525. The molecule has 0 amide bonds. The fraction of sp³-hybridized carbons (Fsp3) is 0.294. The molecule has 0 saturated heterocycles. The van der Waals surface area contributed by atoms with Crippen LogP contribution in [0.4, 0.5) is 5.82 Å². The molecule has 0 aliphatic heterocycles. The summed E-state index contributed by atoms with van der Waals surface area (Å²) >= 11 is 0. The molecule has 0 spiro atoms. The van der Waals surface area contributed by atoms with Gasteiger partial charge < -0.3 is 15.4 Å². The van der Waals surface area contributed by atoms with Crippen LogP contribution in [0.3, 0.4) is 0 Å². The Labute approximate surface area is 155 Å². The maximum atomic E-state index is 11.3. The topological polar surface area (TPSA) is 68.5 Å². The van der Waals surface area contributed by atoms with Crippen LogP contribution in [-0.4, -0.2) is 38.2 Å². The summed E-state index contributed by atoms with van der Waals surface area (Å²) in [7, 11) is 5.26. The number of nitrogens with two attached hydrogens (primary N) is 1. The van der Waals surface area contributed by atoms with Crippen molar-refractivity contribution in [1.29, 1.82) is 0 Å². The molecule has 2 N–H and O–H groups in total. The van der Waals surface area contributed by atoms with Crippen LogP contribution in [0.1, 0.15) is 5.56 Å². The standard InChI is InChI=1S/C17H21N3O2.2ClH/c1-20(2)16-9-8-14(11-19-16)13-6-4-12(5-7-13)10-15(18)17(21)22-3;;/h4-9,11,15H,10,18H2,1-3H3;2*1H. The number of carbonyl (C=O) groups is 1. The minimum absolute atomic E-state index is 0. The monoisotopic (exact) mass is 371 g/mol. The van der Waals surface area contributed by atoms with Gasteiger partial charge in [-0.3, -0.25) is 4.79 Å². The van der Waals surface area contributed by atoms with E-state index in [1.54, 1.807) is 0 Å². The number of methoxy groups -OCH3 is 1. The Morgan fingerprint density at radius 2 is 1.71 bits per heavy atom. The highest BCUT2D eigenvalue weighted by atomic mass is 35.5. The minimum atomic E-state index is -0.628. The van der Waals surface area contributed by atoms with Crippen molar-refractivity contribution in [2.45, 2.75) is 12.5 Å². The third-order valence-electron chi connectivity index (χ3n) is 3.45. The molecule has 0 aliphatic carbocycles. The first-order valence-corrected chi connectivity index (χ1v) is 7.07. The van der Waals surface area contributed by atoms with Crippen LogP contribution in [0.5, 0.6) is 0 Å². The molecule has 1 heterocycles. The van der Waals surface area contributed by atoms with Crippen molar-refractivity contribution in [2.75, 3.05) is 26.1 Å². The van der Waals surface area contributed by atoms with E-state index in [4.69, 9.17) is 5.73 Å². The quantitative estimate of drug-likeness (QED) is 0.818. The van der Waals surface area contributed by atoms with Gasteiger partial charge in [-0.1, -0.05) is 24.3 Å². The Bertz CT molecular complexity index is 631. The number of rotatable bonds is 5. The zero-order valence-corrected chi connectivity index (χ0v) is 15.6. The normalized spacial score (nSPS) is 10.8. The van der Waals surface area contributed by atoms with Crippen LogP contribution in [0, 0.1) is 0 Å². The Morgan fingerprint density at radius 3 is 2.17 bits per heavy atom. The number of benzene rings is 1. The van der Waals surface area contributed by atoms with Crippen LogP contribution in [-0.2, 0) is 16.0 Å². The van der Waals surface area contributed by atoms with Crippen LogP contribution in [0.15, 0.2) is 42.6 Å². The van der Waals surface area contributed by atoms with Crippen LogP contribution >= 0.6 is 24.8 Å². The first-order chi connectivity index (χ1) is 10.5. The summed E-state index contributed by atoms with van der Waals surface area (Å²) in [6, 6.07) is 11.3. The third kappa shape index (κ3) is 5.67. The molecule has 0 radical (unpaired) electrons. The summed E-state index contributed by atoms with van der Waals surface area (Å²) in [5, 5.41) is 0. The van der Waals surface area contributed by atoms with E-state index in [2.05, 4.69) is 9.72 Å². The number of hydrogen-bond acceptors (Lipinski definition) is 5. The van der Waals surface area contributed by atoms with Crippen molar-refractivity contribution in [3.63, 3.8) is 0 Å². The fourth-order valence-electron chi connectivity index (χ4n) is 2.14. The lowest BCUT2D eigenvalue weighted by Gasteiger charge is -2.12. The number of halogens is 2. The van der Waals surface area contributed by atoms with Crippen molar-refractivity contribution < 1.29 is 9.53 Å². The second kappa shape index (κ2) is 10.1. The first kappa shape index (κ1) is 22.2. The number of nitrogens with zero attached hydrogens (tertiary/aromatic N) is 2. The van der Waals surface area contributed by atoms with Gasteiger partial charge in [-0.15, -0.1) is 24.8 Å². The van der Waals surface area contributed by atoms with E-state index in [9.17, 15) is 4.79 Å². The molecule has 1 aromatic heterocycles. The van der Waals surface area contributed by atoms with E-state index in [1.807, 2.05) is 61.6 Å². The summed E-state index contributed by atoms with van der Waals surface area (Å²) in [4.78, 5) is 17.7. The lowest BCUT2D eigenvalue weighted by molar-refractivity contribution is -0.142. The number of carbonyl (C=O) groups excluding carboxylic acids is 1. The van der Waals surface area contributed by atoms with Crippen molar-refractivity contribution in [3.05, 3.63) is 48.2 Å². The van der Waals surface area contributed by atoms with E-state index in [-0.39, 0.29) is 24.8 Å². The smallest absolute Gasteiger partial charge is 0.322 e. The van der Waals surface area contributed by atoms with E-state index >= 15 is 0 Å². The van der Waals surface area contributed by atoms with Gasteiger partial charge in [-0.25, -0.2) is 4.98 Å². The maximum Gasteiger partial charge on any atom is 0.322 e. The van der Waals surface area contributed by atoms with Gasteiger partial charge in [0.25, 0.3) is 0 Å². The van der Waals surface area contributed by atoms with Gasteiger partial charge in [0.1, 0.15) is 11.9 Å². The summed E-state index contributed by atoms with van der Waals surface area (Å²) in [6.45, 7) is 0. The second-order valence-corrected chi connectivity index (χ2v) is 5.33. The predicted molar refractivity (Wildman–Crippen MR) is 102 cm³/mol. The Kier molecular flexibility index (Phi) is 9.36. The number of hydrogen-bond donors (Lipinski definition) is 1. The van der Waals surface area contributed by atoms with Crippen LogP contribution in [0.25, 0.3) is 11.1 Å². The molecule has 5 nitrogen and oxygen atoms in total. The summed E-state index contributed by atoms with van der Waals surface area (Å²) in [5.41, 5.74) is 8.89. The molecule has 0 saturated carbocycles. The number of pyridine rings is 1. The molecular formula is C17H23Cl2N3O2. The van der Waals surface area contributed by atoms with Crippen LogP contribution in [0.2, 0.25) is 0 Å². The molecule has 0 aliphatic rings. The van der Waals surface area contributed by atoms with Gasteiger partial charge in [-0.05, 0) is 29.7 Å². The summed E-state index contributed by atoms with van der Waals surface area (Å²) in [6.07, 6.45) is 2.31. The van der Waals surface area contributed by atoms with Crippen molar-refractivity contribution in [2.24, 2.45) is 5.73 Å². The molecule has 7 heteroatoms. The van der Waals surface area contributed by atoms with Gasteiger partial charge in [0.2, 0.25) is 0 Å². The van der Waals surface area contributed by atoms with Gasteiger partial charge in [0.15, 0.2) is 0 Å². The maximum absolute atomic E-state index is 11.3. The molecule has 132 valence electrons. The van der Waals surface area contributed by atoms with Gasteiger partial charge in [0.05, 0.1) is 7.11 Å². The largest absolute Gasteiger partial charge is 0.468 e. The first-order valence-electron chi connectivity index (χ1n) is 7.07. The van der Waals surface area contributed by atoms with Gasteiger partial charge in [0, 0.05) is 25.9 Å². The average Bonchev–Trinajstić information content (AvgIpc) is 2.54. The third-order valence-corrected chi connectivity index (χ3v) is 3.45. The van der Waals surface area contributed by atoms with E-state index < -0.39 is 12.0 Å². The lowest BCUT2D eigenvalue weighted by atomic mass is 10.0. The van der Waals surface area contributed by atoms with E-state index in [0.717, 1.165) is 22.5 Å². The molecule has 24 heavy (non-hydrogen) atoms. The average molecular weight is 372 g/mol. The van der Waals surface area contributed by atoms with Gasteiger partial charge in [-0.2, -0.15) is 0 Å². The Balaban J connectivity index is 0.00000264. The fourth-order valence-corrected chi connectivity index (χ4v) is 2.14. The molecule has 2 aromatic rings. The van der Waals surface area contributed by atoms with Crippen molar-refractivity contribution >= 4 is 36.6 Å². The number of anilines is 1. The molecule has 1 atom stereocenters. The lowest BCUT2D eigenvalue weighted by Crippen LogP contribution is -2.33. The number of aromatic nitrogens is 1. The predicted octanol–water partition coefficient (Wildman–Crippen LogP) is 2.70. The SMILES string of the molecule is COC(=O)C(N)Cc1ccc(-c2ccc(N(C)C)nc2)cc1.Cl.Cl. The highest BCUT2D eigenvalue weighted by molar-refractivity contribution is 5.85. The molecular weight excluding hydrogens is 349 g/mol. The highest BCUT2D eigenvalue weighted by Gasteiger charge is 2.14. The number of ether oxygens (including phenoxy) is 1. The molecule has 1 aromatic carbocycles. The minimum Gasteiger partial charge on any atom is -0.468 e. The zero-order valence-electron chi connectivity index (χ0n) is 13.9. The second-order valence-electron chi connectivity index (χ2n) is 5.33. The molecule has 2 rings (SSSR count). The van der Waals surface area contributed by atoms with E-state index in [0.29, 0.717) is 6.42 Å². The Hall–Kier alpha value is -1.82. The van der Waals surface area contributed by atoms with E-state index in [1.165, 1.54) is 7.11 Å². The Morgan fingerprint density at radius 1 is 1.12 bits per heavy atom. The van der Waals surface area contributed by atoms with Gasteiger partial charge >= 0.3 is 5.97 Å². The van der Waals surface area contributed by atoms with Crippen molar-refractivity contribution in [3.8, 4) is 11.1 Å². The molecule has 0 bridgehead atoms. The highest BCUT2D eigenvalue weighted by Crippen LogP contribution is 2.21. The van der Waals surface area contributed by atoms with Crippen molar-refractivity contribution in [1.82, 2.24) is 4.98 Å². The number of esters is 1.